The first-order valence-electron chi connectivity index (χ1n) is 9.60. The zero-order valence-corrected chi connectivity index (χ0v) is 17.7. The summed E-state index contributed by atoms with van der Waals surface area (Å²) in [5, 5.41) is 0. The fourth-order valence-corrected chi connectivity index (χ4v) is 4.98. The summed E-state index contributed by atoms with van der Waals surface area (Å²) < 4.78 is 28.6. The van der Waals surface area contributed by atoms with E-state index in [1.165, 1.54) is 21.3 Å². The molecule has 1 aliphatic rings. The molecule has 4 rings (SSSR count). The first-order chi connectivity index (χ1) is 14.3. The van der Waals surface area contributed by atoms with Gasteiger partial charge in [0.1, 0.15) is 11.6 Å². The van der Waals surface area contributed by atoms with Gasteiger partial charge in [-0.05, 0) is 30.3 Å². The van der Waals surface area contributed by atoms with E-state index in [0.717, 1.165) is 5.82 Å². The molecule has 0 saturated carbocycles. The fourth-order valence-electron chi connectivity index (χ4n) is 3.74. The quantitative estimate of drug-likeness (QED) is 0.595. The molecule has 2 aromatic heterocycles. The number of sulfone groups is 1. The van der Waals surface area contributed by atoms with Crippen LogP contribution >= 0.6 is 0 Å². The third-order valence-corrected chi connectivity index (χ3v) is 7.12. The number of rotatable bonds is 4. The van der Waals surface area contributed by atoms with E-state index >= 15 is 0 Å². The summed E-state index contributed by atoms with van der Waals surface area (Å²) in [5.41, 5.74) is 0.917. The molecule has 0 unspecified atom stereocenters. The Balaban J connectivity index is 1.47. The van der Waals surface area contributed by atoms with Crippen molar-refractivity contribution < 1.29 is 13.2 Å². The number of pyridine rings is 1. The highest BCUT2D eigenvalue weighted by Gasteiger charge is 2.27. The second kappa shape index (κ2) is 7.60. The molecular weight excluding hydrogens is 406 g/mol. The average Bonchev–Trinajstić information content (AvgIpc) is 2.98. The number of hydrogen-bond acceptors (Lipinski definition) is 6. The van der Waals surface area contributed by atoms with Crippen molar-refractivity contribution >= 4 is 32.6 Å². The van der Waals surface area contributed by atoms with Crippen molar-refractivity contribution in [2.24, 2.45) is 14.1 Å². The summed E-state index contributed by atoms with van der Waals surface area (Å²) in [6.07, 6.45) is 1.72. The van der Waals surface area contributed by atoms with Gasteiger partial charge in [-0.25, -0.2) is 18.2 Å². The van der Waals surface area contributed by atoms with Gasteiger partial charge in [-0.2, -0.15) is 0 Å². The second-order valence-corrected chi connectivity index (χ2v) is 9.36. The number of piperazine rings is 1. The van der Waals surface area contributed by atoms with Crippen LogP contribution in [0.25, 0.3) is 11.0 Å². The summed E-state index contributed by atoms with van der Waals surface area (Å²) >= 11 is 0. The van der Waals surface area contributed by atoms with Crippen LogP contribution in [0, 0.1) is 0 Å². The van der Waals surface area contributed by atoms with E-state index in [1.54, 1.807) is 31.3 Å². The summed E-state index contributed by atoms with van der Waals surface area (Å²) in [4.78, 5) is 32.7. The Bertz CT molecular complexity index is 1260. The molecule has 0 aliphatic carbocycles. The van der Waals surface area contributed by atoms with Crippen LogP contribution in [-0.4, -0.2) is 65.3 Å². The Morgan fingerprint density at radius 1 is 1.00 bits per heavy atom. The van der Waals surface area contributed by atoms with Gasteiger partial charge < -0.3 is 9.80 Å². The Kier molecular flexibility index (Phi) is 5.10. The zero-order valence-electron chi connectivity index (χ0n) is 16.9. The number of anilines is 1. The minimum atomic E-state index is -3.83. The highest BCUT2D eigenvalue weighted by atomic mass is 32.2. The van der Waals surface area contributed by atoms with Crippen LogP contribution in [0.5, 0.6) is 0 Å². The fraction of sp³-hybridized carbons (Fsp3) is 0.350. The third kappa shape index (κ3) is 3.58. The van der Waals surface area contributed by atoms with Gasteiger partial charge in [-0.15, -0.1) is 0 Å². The number of carbonyl (C=O) groups is 1. The predicted octanol–water partition coefficient (Wildman–Crippen LogP) is 0.394. The first kappa shape index (κ1) is 20.1. The van der Waals surface area contributed by atoms with Crippen LogP contribution in [0.3, 0.4) is 0 Å². The van der Waals surface area contributed by atoms with Gasteiger partial charge in [0.05, 0.1) is 15.9 Å². The van der Waals surface area contributed by atoms with Gasteiger partial charge in [0.25, 0.3) is 0 Å². The molecule has 0 spiro atoms. The highest BCUT2D eigenvalue weighted by Crippen LogP contribution is 2.20. The molecule has 30 heavy (non-hydrogen) atoms. The van der Waals surface area contributed by atoms with Crippen LogP contribution in [0.2, 0.25) is 0 Å². The summed E-state index contributed by atoms with van der Waals surface area (Å²) in [7, 11) is -0.606. The minimum Gasteiger partial charge on any atom is -0.353 e. The molecule has 158 valence electrons. The number of fused-ring (bicyclic) bond motifs is 1. The minimum absolute atomic E-state index is 0.0386. The number of imidazole rings is 1. The number of hydrogen-bond donors (Lipinski definition) is 0. The van der Waals surface area contributed by atoms with Gasteiger partial charge in [0, 0.05) is 46.5 Å². The summed E-state index contributed by atoms with van der Waals surface area (Å²) in [6, 6.07) is 10.2. The molecule has 0 N–H and O–H groups in total. The van der Waals surface area contributed by atoms with E-state index in [4.69, 9.17) is 0 Å². The zero-order chi connectivity index (χ0) is 21.5. The Morgan fingerprint density at radius 3 is 2.37 bits per heavy atom. The van der Waals surface area contributed by atoms with E-state index in [0.29, 0.717) is 37.2 Å². The van der Waals surface area contributed by atoms with Crippen molar-refractivity contribution in [3.63, 3.8) is 0 Å². The number of aryl methyl sites for hydroxylation is 2. The van der Waals surface area contributed by atoms with Crippen molar-refractivity contribution in [3.05, 3.63) is 53.1 Å². The molecule has 0 bridgehead atoms. The monoisotopic (exact) mass is 429 g/mol. The lowest BCUT2D eigenvalue weighted by molar-refractivity contribution is -0.128. The van der Waals surface area contributed by atoms with Crippen molar-refractivity contribution in [2.75, 3.05) is 36.8 Å². The van der Waals surface area contributed by atoms with Crippen LogP contribution < -0.4 is 10.6 Å². The molecule has 1 amide bonds. The van der Waals surface area contributed by atoms with Crippen molar-refractivity contribution in [1.82, 2.24) is 19.0 Å². The van der Waals surface area contributed by atoms with Gasteiger partial charge in [0.15, 0.2) is 9.84 Å². The number of nitrogens with zero attached hydrogens (tertiary/aromatic N) is 5. The first-order valence-corrected chi connectivity index (χ1v) is 11.2. The number of amides is 1. The second-order valence-electron chi connectivity index (χ2n) is 7.37. The number of carbonyl (C=O) groups excluding carboxylic acids is 1. The molecular formula is C20H23N5O4S. The molecule has 0 radical (unpaired) electrons. The average molecular weight is 430 g/mol. The van der Waals surface area contributed by atoms with E-state index in [-0.39, 0.29) is 10.6 Å². The molecule has 1 aliphatic heterocycles. The SMILES string of the molecule is Cn1c(=O)n(C)c2cc(S(=O)(=O)CC(=O)N3CCN(c4ccccn4)CC3)ccc21. The van der Waals surface area contributed by atoms with Crippen molar-refractivity contribution in [3.8, 4) is 0 Å². The van der Waals surface area contributed by atoms with Gasteiger partial charge >= 0.3 is 5.69 Å². The lowest BCUT2D eigenvalue weighted by Crippen LogP contribution is -2.50. The Hall–Kier alpha value is -3.14. The maximum absolute atomic E-state index is 12.9. The topological polar surface area (TPSA) is 97.5 Å². The Labute approximate surface area is 174 Å². The maximum Gasteiger partial charge on any atom is 0.328 e. The smallest absolute Gasteiger partial charge is 0.328 e. The molecule has 1 saturated heterocycles. The van der Waals surface area contributed by atoms with Gasteiger partial charge in [-0.1, -0.05) is 6.07 Å². The van der Waals surface area contributed by atoms with Crippen molar-refractivity contribution in [2.45, 2.75) is 4.90 Å². The molecule has 3 heterocycles. The highest BCUT2D eigenvalue weighted by molar-refractivity contribution is 7.92. The third-order valence-electron chi connectivity index (χ3n) is 5.52. The standard InChI is InChI=1S/C20H23N5O4S/c1-22-16-7-6-15(13-17(16)23(2)20(22)27)30(28,29)14-19(26)25-11-9-24(10-12-25)18-5-3-4-8-21-18/h3-8,13H,9-12,14H2,1-2H3. The van der Waals surface area contributed by atoms with E-state index in [2.05, 4.69) is 9.88 Å². The van der Waals surface area contributed by atoms with Gasteiger partial charge in [-0.3, -0.25) is 13.9 Å². The van der Waals surface area contributed by atoms with E-state index < -0.39 is 21.5 Å². The van der Waals surface area contributed by atoms with E-state index in [9.17, 15) is 18.0 Å². The van der Waals surface area contributed by atoms with E-state index in [1.807, 2.05) is 18.2 Å². The van der Waals surface area contributed by atoms with Gasteiger partial charge in [0.2, 0.25) is 5.91 Å². The number of benzene rings is 1. The summed E-state index contributed by atoms with van der Waals surface area (Å²) in [5.74, 6) is -0.167. The number of aromatic nitrogens is 3. The molecule has 1 fully saturated rings. The molecule has 9 nitrogen and oxygen atoms in total. The molecule has 0 atom stereocenters. The maximum atomic E-state index is 12.9. The largest absolute Gasteiger partial charge is 0.353 e. The van der Waals surface area contributed by atoms with Crippen molar-refractivity contribution in [1.29, 1.82) is 0 Å². The van der Waals surface area contributed by atoms with Crippen LogP contribution in [0.1, 0.15) is 0 Å². The lowest BCUT2D eigenvalue weighted by Gasteiger charge is -2.35. The van der Waals surface area contributed by atoms with Crippen LogP contribution in [0.4, 0.5) is 5.82 Å². The predicted molar refractivity (Wildman–Crippen MR) is 113 cm³/mol. The lowest BCUT2D eigenvalue weighted by atomic mass is 10.3. The molecule has 1 aromatic carbocycles. The Morgan fingerprint density at radius 2 is 1.70 bits per heavy atom. The van der Waals surface area contributed by atoms with Crippen LogP contribution in [-0.2, 0) is 28.7 Å². The van der Waals surface area contributed by atoms with Crippen LogP contribution in [0.15, 0.2) is 52.3 Å². The normalized spacial score (nSPS) is 15.0. The molecule has 10 heteroatoms. The molecule has 3 aromatic rings. The summed E-state index contributed by atoms with van der Waals surface area (Å²) in [6.45, 7) is 2.08.